The van der Waals surface area contributed by atoms with E-state index in [1.54, 1.807) is 0 Å². The smallest absolute Gasteiger partial charge is 0.00321 e. The zero-order valence-corrected chi connectivity index (χ0v) is 33.8. The molecule has 0 atom stereocenters. The van der Waals surface area contributed by atoms with Crippen LogP contribution in [0.3, 0.4) is 0 Å². The minimum atomic E-state index is 0.990. The Kier molecular flexibility index (Phi) is 10.2. The third-order valence-corrected chi connectivity index (χ3v) is 12.3. The molecule has 0 saturated heterocycles. The van der Waals surface area contributed by atoms with Gasteiger partial charge in [0.15, 0.2) is 0 Å². The average molecular weight is 767 g/mol. The molecule has 10 rings (SSSR count). The molecule has 286 valence electrons. The first-order valence-electron chi connectivity index (χ1n) is 21.2. The molecular formula is C60H46. The van der Waals surface area contributed by atoms with Gasteiger partial charge in [-0.25, -0.2) is 0 Å². The SMILES string of the molecule is C=C(C=Cc1ccccc1)c1c2cc(-c3ccc(-c4ccccc4)cc3)ccc2c(C2=CC=C(C3=CC=CCC3)CC2)c2cc(-c3ccc(-c4ccccc4)cc3)ccc12. The standard InChI is InChI=1S/C60H46/c1-42(22-23-43-14-6-2-7-15-43)59-55-38-36-54(51-30-26-48(27-31-51)45-18-10-4-11-19-45)41-58(55)60(52-34-32-49(33-35-52)46-20-12-5-13-21-46)56-39-37-53(40-57(56)59)50-28-24-47(25-29-50)44-16-8-3-9-17-44/h2-12,14-20,22-32,34,36-41H,1,13,21,33,35H2. The molecule has 0 aromatic heterocycles. The molecule has 2 aliphatic rings. The minimum Gasteiger partial charge on any atom is -0.0911 e. The van der Waals surface area contributed by atoms with Crippen molar-refractivity contribution < 1.29 is 0 Å². The second-order valence-electron chi connectivity index (χ2n) is 16.0. The molecule has 0 radical (unpaired) electrons. The Balaban J connectivity index is 1.17. The highest BCUT2D eigenvalue weighted by Gasteiger charge is 2.21. The van der Waals surface area contributed by atoms with Crippen LogP contribution in [0.4, 0.5) is 0 Å². The summed E-state index contributed by atoms with van der Waals surface area (Å²) in [5, 5.41) is 4.97. The van der Waals surface area contributed by atoms with Crippen LogP contribution in [0.2, 0.25) is 0 Å². The Labute approximate surface area is 354 Å². The molecule has 0 bridgehead atoms. The fourth-order valence-corrected chi connectivity index (χ4v) is 9.08. The molecule has 0 saturated carbocycles. The van der Waals surface area contributed by atoms with Crippen LogP contribution in [-0.4, -0.2) is 0 Å². The van der Waals surface area contributed by atoms with Crippen LogP contribution in [0.5, 0.6) is 0 Å². The molecule has 0 fully saturated rings. The molecular weight excluding hydrogens is 721 g/mol. The Morgan fingerprint density at radius 3 is 1.42 bits per heavy atom. The van der Waals surface area contributed by atoms with Crippen molar-refractivity contribution in [3.63, 3.8) is 0 Å². The van der Waals surface area contributed by atoms with E-state index in [1.807, 2.05) is 0 Å². The van der Waals surface area contributed by atoms with Crippen molar-refractivity contribution in [3.8, 4) is 44.5 Å². The Morgan fingerprint density at radius 2 is 0.867 bits per heavy atom. The number of hydrogen-bond donors (Lipinski definition) is 0. The number of hydrogen-bond acceptors (Lipinski definition) is 0. The highest BCUT2D eigenvalue weighted by atomic mass is 14.3. The predicted molar refractivity (Wildman–Crippen MR) is 259 cm³/mol. The van der Waals surface area contributed by atoms with Gasteiger partial charge >= 0.3 is 0 Å². The van der Waals surface area contributed by atoms with E-state index < -0.39 is 0 Å². The van der Waals surface area contributed by atoms with Gasteiger partial charge in [0, 0.05) is 0 Å². The van der Waals surface area contributed by atoms with Crippen molar-refractivity contribution in [2.75, 3.05) is 0 Å². The summed E-state index contributed by atoms with van der Waals surface area (Å²) in [6.07, 6.45) is 20.3. The van der Waals surface area contributed by atoms with Crippen molar-refractivity contribution in [1.82, 2.24) is 0 Å². The van der Waals surface area contributed by atoms with E-state index in [4.69, 9.17) is 6.58 Å². The molecule has 0 N–H and O–H groups in total. The summed E-state index contributed by atoms with van der Waals surface area (Å²) < 4.78 is 0. The third-order valence-electron chi connectivity index (χ3n) is 12.3. The van der Waals surface area contributed by atoms with Crippen LogP contribution in [0.1, 0.15) is 42.4 Å². The van der Waals surface area contributed by atoms with E-state index in [0.29, 0.717) is 0 Å². The third kappa shape index (κ3) is 7.45. The van der Waals surface area contributed by atoms with E-state index >= 15 is 0 Å². The van der Waals surface area contributed by atoms with Crippen molar-refractivity contribution >= 4 is 38.8 Å². The van der Waals surface area contributed by atoms with Crippen molar-refractivity contribution in [2.45, 2.75) is 25.7 Å². The maximum absolute atomic E-state index is 4.79. The van der Waals surface area contributed by atoms with Gasteiger partial charge in [-0.2, -0.15) is 0 Å². The van der Waals surface area contributed by atoms with Gasteiger partial charge in [0.2, 0.25) is 0 Å². The maximum Gasteiger partial charge on any atom is -0.00321 e. The predicted octanol–water partition coefficient (Wildman–Crippen LogP) is 16.8. The number of rotatable bonds is 9. The summed E-state index contributed by atoms with van der Waals surface area (Å²) in [4.78, 5) is 0. The summed E-state index contributed by atoms with van der Waals surface area (Å²) in [6.45, 7) is 4.79. The molecule has 8 aromatic carbocycles. The van der Waals surface area contributed by atoms with E-state index in [9.17, 15) is 0 Å². The summed E-state index contributed by atoms with van der Waals surface area (Å²) in [7, 11) is 0. The maximum atomic E-state index is 4.79. The summed E-state index contributed by atoms with van der Waals surface area (Å²) in [6, 6.07) is 64.0. The van der Waals surface area contributed by atoms with Gasteiger partial charge in [-0.05, 0) is 143 Å². The second kappa shape index (κ2) is 16.5. The van der Waals surface area contributed by atoms with Gasteiger partial charge in [-0.3, -0.25) is 0 Å². The summed E-state index contributed by atoms with van der Waals surface area (Å²) in [5.74, 6) is 0. The topological polar surface area (TPSA) is 0 Å². The monoisotopic (exact) mass is 766 g/mol. The number of benzene rings is 8. The van der Waals surface area contributed by atoms with Crippen molar-refractivity contribution in [2.24, 2.45) is 0 Å². The Morgan fingerprint density at radius 1 is 0.400 bits per heavy atom. The molecule has 0 spiro atoms. The van der Waals surface area contributed by atoms with E-state index in [0.717, 1.165) is 36.8 Å². The van der Waals surface area contributed by atoms with Crippen LogP contribution in [-0.2, 0) is 0 Å². The lowest BCUT2D eigenvalue weighted by atomic mass is 9.80. The van der Waals surface area contributed by atoms with Gasteiger partial charge in [-0.1, -0.05) is 213 Å². The fraction of sp³-hybridized carbons (Fsp3) is 0.0667. The molecule has 0 unspecified atom stereocenters. The van der Waals surface area contributed by atoms with Gasteiger partial charge < -0.3 is 0 Å². The molecule has 0 heteroatoms. The lowest BCUT2D eigenvalue weighted by Gasteiger charge is -2.23. The van der Waals surface area contributed by atoms with Gasteiger partial charge in [-0.15, -0.1) is 0 Å². The Hall–Kier alpha value is -7.28. The lowest BCUT2D eigenvalue weighted by molar-refractivity contribution is 0.906. The second-order valence-corrected chi connectivity index (χ2v) is 16.0. The zero-order chi connectivity index (χ0) is 40.3. The van der Waals surface area contributed by atoms with Gasteiger partial charge in [0.25, 0.3) is 0 Å². The molecule has 8 aromatic rings. The average Bonchev–Trinajstić information content (AvgIpc) is 3.33. The first-order valence-corrected chi connectivity index (χ1v) is 21.2. The lowest BCUT2D eigenvalue weighted by Crippen LogP contribution is -2.01. The first-order chi connectivity index (χ1) is 29.7. The first kappa shape index (κ1) is 37.0. The van der Waals surface area contributed by atoms with Crippen molar-refractivity contribution in [1.29, 1.82) is 0 Å². The minimum absolute atomic E-state index is 0.990. The van der Waals surface area contributed by atoms with E-state index in [1.165, 1.54) is 93.9 Å². The largest absolute Gasteiger partial charge is 0.0911 e. The molecule has 0 heterocycles. The summed E-state index contributed by atoms with van der Waals surface area (Å²) in [5.41, 5.74) is 18.7. The van der Waals surface area contributed by atoms with Crippen LogP contribution in [0, 0.1) is 0 Å². The molecule has 2 aliphatic carbocycles. The molecule has 0 aliphatic heterocycles. The van der Waals surface area contributed by atoms with E-state index in [-0.39, 0.29) is 0 Å². The molecule has 60 heavy (non-hydrogen) atoms. The van der Waals surface area contributed by atoms with Gasteiger partial charge in [0.1, 0.15) is 0 Å². The Bertz CT molecular complexity index is 3020. The van der Waals surface area contributed by atoms with Crippen LogP contribution in [0.15, 0.2) is 230 Å². The van der Waals surface area contributed by atoms with E-state index in [2.05, 4.69) is 218 Å². The highest BCUT2D eigenvalue weighted by molar-refractivity contribution is 6.18. The summed E-state index contributed by atoms with van der Waals surface area (Å²) >= 11 is 0. The van der Waals surface area contributed by atoms with Crippen molar-refractivity contribution in [3.05, 3.63) is 247 Å². The number of fused-ring (bicyclic) bond motifs is 2. The number of allylic oxidation sites excluding steroid dienone is 10. The van der Waals surface area contributed by atoms with Crippen LogP contribution < -0.4 is 0 Å². The molecule has 0 amide bonds. The normalized spacial score (nSPS) is 14.0. The quantitative estimate of drug-likeness (QED) is 0.101. The van der Waals surface area contributed by atoms with Gasteiger partial charge in [0.05, 0.1) is 0 Å². The fourth-order valence-electron chi connectivity index (χ4n) is 9.08. The highest BCUT2D eigenvalue weighted by Crippen LogP contribution is 2.45. The zero-order valence-electron chi connectivity index (χ0n) is 33.8. The van der Waals surface area contributed by atoms with Crippen LogP contribution in [0.25, 0.3) is 83.3 Å². The van der Waals surface area contributed by atoms with Crippen LogP contribution >= 0.6 is 0 Å². The molecule has 0 nitrogen and oxygen atoms in total.